The minimum Gasteiger partial charge on any atom is -0.340 e. The summed E-state index contributed by atoms with van der Waals surface area (Å²) >= 11 is 5.89. The molecular formula is C13H16ClN3. The van der Waals surface area contributed by atoms with E-state index in [2.05, 4.69) is 15.3 Å². The van der Waals surface area contributed by atoms with E-state index in [9.17, 15) is 0 Å². The zero-order valence-electron chi connectivity index (χ0n) is 10.2. The second-order valence-corrected chi connectivity index (χ2v) is 3.49. The van der Waals surface area contributed by atoms with E-state index in [4.69, 9.17) is 11.6 Å². The molecule has 0 aliphatic rings. The first kappa shape index (κ1) is 13.5. The molecule has 2 rings (SSSR count). The van der Waals surface area contributed by atoms with Crippen LogP contribution in [0.4, 0.5) is 11.5 Å². The maximum Gasteiger partial charge on any atom is 0.138 e. The molecule has 17 heavy (non-hydrogen) atoms. The van der Waals surface area contributed by atoms with Crippen LogP contribution < -0.4 is 5.32 Å². The molecule has 2 aromatic rings. The summed E-state index contributed by atoms with van der Waals surface area (Å²) in [6, 6.07) is 9.82. The van der Waals surface area contributed by atoms with Crippen LogP contribution in [0.25, 0.3) is 0 Å². The quantitative estimate of drug-likeness (QED) is 0.811. The summed E-state index contributed by atoms with van der Waals surface area (Å²) in [6.45, 7) is 5.88. The van der Waals surface area contributed by atoms with Crippen LogP contribution in [-0.2, 0) is 0 Å². The normalized spacial score (nSPS) is 9.18. The first-order valence-electron chi connectivity index (χ1n) is 5.56. The maximum atomic E-state index is 5.89. The zero-order valence-corrected chi connectivity index (χ0v) is 11.0. The summed E-state index contributed by atoms with van der Waals surface area (Å²) in [4.78, 5) is 8.02. The van der Waals surface area contributed by atoms with Gasteiger partial charge in [-0.2, -0.15) is 0 Å². The molecule has 0 saturated carbocycles. The number of rotatable bonds is 2. The number of aromatic nitrogens is 2. The fourth-order valence-corrected chi connectivity index (χ4v) is 1.35. The fourth-order valence-electron chi connectivity index (χ4n) is 1.21. The molecule has 0 fully saturated rings. The highest BCUT2D eigenvalue weighted by atomic mass is 35.5. The Bertz CT molecular complexity index is 457. The summed E-state index contributed by atoms with van der Waals surface area (Å²) in [5, 5.41) is 3.65. The number of benzene rings is 1. The lowest BCUT2D eigenvalue weighted by atomic mass is 10.3. The molecule has 0 unspecified atom stereocenters. The molecule has 1 aromatic carbocycles. The van der Waals surface area contributed by atoms with E-state index in [-0.39, 0.29) is 0 Å². The van der Waals surface area contributed by atoms with Crippen molar-refractivity contribution < 1.29 is 0 Å². The van der Waals surface area contributed by atoms with Gasteiger partial charge in [0.2, 0.25) is 0 Å². The second-order valence-electron chi connectivity index (χ2n) is 3.13. The van der Waals surface area contributed by atoms with Crippen LogP contribution in [0, 0.1) is 6.92 Å². The summed E-state index contributed by atoms with van der Waals surface area (Å²) in [6.07, 6.45) is 1.45. The number of halogens is 1. The van der Waals surface area contributed by atoms with Crippen LogP contribution in [0.5, 0.6) is 0 Å². The summed E-state index contributed by atoms with van der Waals surface area (Å²) in [5.74, 6) is 0.737. The highest BCUT2D eigenvalue weighted by Gasteiger charge is 2.04. The number of hydrogen-bond donors (Lipinski definition) is 1. The third kappa shape index (κ3) is 3.71. The van der Waals surface area contributed by atoms with E-state index in [0.29, 0.717) is 5.15 Å². The third-order valence-corrected chi connectivity index (χ3v) is 2.44. The van der Waals surface area contributed by atoms with Crippen LogP contribution in [0.1, 0.15) is 19.4 Å². The molecule has 0 saturated heterocycles. The Kier molecular flexibility index (Phi) is 5.43. The van der Waals surface area contributed by atoms with Crippen molar-refractivity contribution in [2.75, 3.05) is 5.32 Å². The Labute approximate surface area is 107 Å². The van der Waals surface area contributed by atoms with Gasteiger partial charge in [0.25, 0.3) is 0 Å². The van der Waals surface area contributed by atoms with Crippen molar-refractivity contribution in [1.29, 1.82) is 0 Å². The number of hydrogen-bond acceptors (Lipinski definition) is 3. The largest absolute Gasteiger partial charge is 0.340 e. The maximum absolute atomic E-state index is 5.89. The molecule has 0 aliphatic heterocycles. The molecule has 1 aromatic heterocycles. The lowest BCUT2D eigenvalue weighted by Gasteiger charge is -2.08. The molecule has 90 valence electrons. The minimum atomic E-state index is 0.475. The molecule has 0 aliphatic carbocycles. The van der Waals surface area contributed by atoms with E-state index in [0.717, 1.165) is 17.1 Å². The molecule has 1 heterocycles. The van der Waals surface area contributed by atoms with Gasteiger partial charge in [-0.15, -0.1) is 0 Å². The van der Waals surface area contributed by atoms with E-state index in [1.807, 2.05) is 51.1 Å². The van der Waals surface area contributed by atoms with Crippen molar-refractivity contribution in [3.63, 3.8) is 0 Å². The Hall–Kier alpha value is -1.61. The summed E-state index contributed by atoms with van der Waals surface area (Å²) in [7, 11) is 0. The summed E-state index contributed by atoms with van der Waals surface area (Å²) in [5.41, 5.74) is 1.83. The Morgan fingerprint density at radius 2 is 1.71 bits per heavy atom. The lowest BCUT2D eigenvalue weighted by molar-refractivity contribution is 1.13. The molecule has 0 atom stereocenters. The van der Waals surface area contributed by atoms with Crippen molar-refractivity contribution in [3.05, 3.63) is 47.4 Å². The Morgan fingerprint density at radius 3 is 2.35 bits per heavy atom. The van der Waals surface area contributed by atoms with Gasteiger partial charge in [-0.25, -0.2) is 9.97 Å². The van der Waals surface area contributed by atoms with Crippen LogP contribution in [0.15, 0.2) is 36.7 Å². The average molecular weight is 250 g/mol. The minimum absolute atomic E-state index is 0.475. The molecular weight excluding hydrogens is 234 g/mol. The smallest absolute Gasteiger partial charge is 0.138 e. The van der Waals surface area contributed by atoms with Crippen molar-refractivity contribution >= 4 is 23.1 Å². The van der Waals surface area contributed by atoms with E-state index in [1.54, 1.807) is 0 Å². The number of nitrogens with one attached hydrogen (secondary N) is 1. The highest BCUT2D eigenvalue weighted by Crippen LogP contribution is 2.21. The van der Waals surface area contributed by atoms with Gasteiger partial charge in [-0.1, -0.05) is 43.6 Å². The fraction of sp³-hybridized carbons (Fsp3) is 0.231. The molecule has 4 heteroatoms. The van der Waals surface area contributed by atoms with Gasteiger partial charge in [0.15, 0.2) is 0 Å². The van der Waals surface area contributed by atoms with Crippen LogP contribution >= 0.6 is 11.6 Å². The van der Waals surface area contributed by atoms with Gasteiger partial charge < -0.3 is 5.32 Å². The Balaban J connectivity index is 0.000000686. The lowest BCUT2D eigenvalue weighted by Crippen LogP contribution is -1.97. The molecule has 0 amide bonds. The van der Waals surface area contributed by atoms with Crippen LogP contribution in [0.3, 0.4) is 0 Å². The van der Waals surface area contributed by atoms with E-state index >= 15 is 0 Å². The van der Waals surface area contributed by atoms with Crippen molar-refractivity contribution in [1.82, 2.24) is 9.97 Å². The third-order valence-electron chi connectivity index (χ3n) is 2.06. The molecule has 3 nitrogen and oxygen atoms in total. The van der Waals surface area contributed by atoms with Gasteiger partial charge in [-0.05, 0) is 19.1 Å². The molecule has 1 N–H and O–H groups in total. The average Bonchev–Trinajstić information content (AvgIpc) is 2.39. The predicted molar refractivity (Wildman–Crippen MR) is 72.9 cm³/mol. The molecule has 0 bridgehead atoms. The van der Waals surface area contributed by atoms with Crippen LogP contribution in [-0.4, -0.2) is 9.97 Å². The molecule has 0 spiro atoms. The standard InChI is InChI=1S/C11H10ClN3.C2H6/c1-8-10(12)13-7-14-11(8)15-9-5-3-2-4-6-9;1-2/h2-7H,1H3,(H,13,14,15);1-2H3. The topological polar surface area (TPSA) is 37.8 Å². The second kappa shape index (κ2) is 6.86. The van der Waals surface area contributed by atoms with Gasteiger partial charge in [0.1, 0.15) is 17.3 Å². The Morgan fingerprint density at radius 1 is 1.06 bits per heavy atom. The van der Waals surface area contributed by atoms with E-state index < -0.39 is 0 Å². The van der Waals surface area contributed by atoms with Crippen molar-refractivity contribution in [2.24, 2.45) is 0 Å². The highest BCUT2D eigenvalue weighted by molar-refractivity contribution is 6.30. The van der Waals surface area contributed by atoms with Gasteiger partial charge in [0, 0.05) is 11.3 Å². The molecule has 0 radical (unpaired) electrons. The first-order chi connectivity index (χ1) is 8.27. The number of para-hydroxylation sites is 1. The van der Waals surface area contributed by atoms with Crippen molar-refractivity contribution in [3.8, 4) is 0 Å². The van der Waals surface area contributed by atoms with Crippen molar-refractivity contribution in [2.45, 2.75) is 20.8 Å². The predicted octanol–water partition coefficient (Wildman–Crippen LogP) is 4.21. The number of anilines is 2. The zero-order chi connectivity index (χ0) is 12.7. The monoisotopic (exact) mass is 249 g/mol. The summed E-state index contributed by atoms with van der Waals surface area (Å²) < 4.78 is 0. The number of nitrogens with zero attached hydrogens (tertiary/aromatic N) is 2. The SMILES string of the molecule is CC.Cc1c(Cl)ncnc1Nc1ccccc1. The van der Waals surface area contributed by atoms with Gasteiger partial charge in [0.05, 0.1) is 0 Å². The van der Waals surface area contributed by atoms with Crippen LogP contribution in [0.2, 0.25) is 5.15 Å². The van der Waals surface area contributed by atoms with E-state index in [1.165, 1.54) is 6.33 Å². The van der Waals surface area contributed by atoms with Gasteiger partial charge in [-0.3, -0.25) is 0 Å². The first-order valence-corrected chi connectivity index (χ1v) is 5.94. The van der Waals surface area contributed by atoms with Gasteiger partial charge >= 0.3 is 0 Å².